The van der Waals surface area contributed by atoms with Crippen LogP contribution in [0.3, 0.4) is 0 Å². The maximum Gasteiger partial charge on any atom is 0.0258 e. The highest BCUT2D eigenvalue weighted by atomic mass is 35.5. The van der Waals surface area contributed by atoms with Crippen LogP contribution in [-0.4, -0.2) is 5.88 Å². The van der Waals surface area contributed by atoms with Gasteiger partial charge in [-0.1, -0.05) is 44.2 Å². The van der Waals surface area contributed by atoms with E-state index in [2.05, 4.69) is 51.1 Å². The Labute approximate surface area is 98.0 Å². The van der Waals surface area contributed by atoms with Crippen LogP contribution in [0.4, 0.5) is 0 Å². The summed E-state index contributed by atoms with van der Waals surface area (Å²) < 4.78 is 0. The maximum atomic E-state index is 5.66. The van der Waals surface area contributed by atoms with Gasteiger partial charge in [-0.05, 0) is 36.0 Å². The highest BCUT2D eigenvalue weighted by Gasteiger charge is 1.99. The number of allylic oxidation sites excluding steroid dienone is 2. The molecule has 0 aliphatic heterocycles. The standard InChI is InChI=1S/C14H19Cl/c1-11(2)13-6-8-14(9-7-13)12(3)5-4-10-15/h5-9,11H,4,10H2,1-3H3/b12-5+. The third-order valence-electron chi connectivity index (χ3n) is 2.59. The Morgan fingerprint density at radius 1 is 1.27 bits per heavy atom. The molecule has 0 spiro atoms. The Balaban J connectivity index is 2.79. The topological polar surface area (TPSA) is 0 Å². The van der Waals surface area contributed by atoms with Crippen molar-refractivity contribution in [2.24, 2.45) is 0 Å². The second-order valence-corrected chi connectivity index (χ2v) is 4.52. The van der Waals surface area contributed by atoms with E-state index < -0.39 is 0 Å². The second-order valence-electron chi connectivity index (χ2n) is 4.14. The van der Waals surface area contributed by atoms with Crippen molar-refractivity contribution in [3.8, 4) is 0 Å². The van der Waals surface area contributed by atoms with Crippen molar-refractivity contribution in [1.29, 1.82) is 0 Å². The van der Waals surface area contributed by atoms with Gasteiger partial charge in [0.2, 0.25) is 0 Å². The van der Waals surface area contributed by atoms with E-state index in [1.54, 1.807) is 0 Å². The highest BCUT2D eigenvalue weighted by molar-refractivity contribution is 6.17. The Morgan fingerprint density at radius 3 is 2.33 bits per heavy atom. The summed E-state index contributed by atoms with van der Waals surface area (Å²) in [7, 11) is 0. The lowest BCUT2D eigenvalue weighted by atomic mass is 9.99. The number of rotatable bonds is 4. The monoisotopic (exact) mass is 222 g/mol. The number of hydrogen-bond donors (Lipinski definition) is 0. The number of benzene rings is 1. The van der Waals surface area contributed by atoms with Crippen molar-refractivity contribution in [3.05, 3.63) is 41.5 Å². The van der Waals surface area contributed by atoms with Crippen molar-refractivity contribution in [2.45, 2.75) is 33.1 Å². The van der Waals surface area contributed by atoms with Crippen LogP contribution in [0.25, 0.3) is 5.57 Å². The fourth-order valence-electron chi connectivity index (χ4n) is 1.52. The van der Waals surface area contributed by atoms with Gasteiger partial charge in [0.15, 0.2) is 0 Å². The molecule has 0 nitrogen and oxygen atoms in total. The Kier molecular flexibility index (Phi) is 4.90. The molecule has 0 aliphatic rings. The maximum absolute atomic E-state index is 5.66. The first-order valence-corrected chi connectivity index (χ1v) is 6.01. The lowest BCUT2D eigenvalue weighted by Crippen LogP contribution is -1.87. The average Bonchev–Trinajstić information content (AvgIpc) is 2.26. The molecule has 0 unspecified atom stereocenters. The molecule has 0 saturated carbocycles. The fourth-order valence-corrected chi connectivity index (χ4v) is 1.63. The predicted molar refractivity (Wildman–Crippen MR) is 69.5 cm³/mol. The van der Waals surface area contributed by atoms with Crippen LogP contribution in [0.5, 0.6) is 0 Å². The minimum absolute atomic E-state index is 0.603. The summed E-state index contributed by atoms with van der Waals surface area (Å²) >= 11 is 5.66. The van der Waals surface area contributed by atoms with Crippen LogP contribution in [0, 0.1) is 0 Å². The van der Waals surface area contributed by atoms with Crippen LogP contribution in [0.2, 0.25) is 0 Å². The normalized spacial score (nSPS) is 12.2. The van der Waals surface area contributed by atoms with Crippen molar-refractivity contribution < 1.29 is 0 Å². The first kappa shape index (κ1) is 12.3. The Bertz CT molecular complexity index is 320. The van der Waals surface area contributed by atoms with Gasteiger partial charge in [-0.2, -0.15) is 0 Å². The minimum atomic E-state index is 0.603. The Morgan fingerprint density at radius 2 is 1.87 bits per heavy atom. The third kappa shape index (κ3) is 3.71. The van der Waals surface area contributed by atoms with Crippen LogP contribution < -0.4 is 0 Å². The lowest BCUT2D eigenvalue weighted by molar-refractivity contribution is 0.866. The molecule has 0 saturated heterocycles. The summed E-state index contributed by atoms with van der Waals surface area (Å²) in [4.78, 5) is 0. The molecule has 0 amide bonds. The van der Waals surface area contributed by atoms with Gasteiger partial charge < -0.3 is 0 Å². The molecule has 0 atom stereocenters. The molecule has 0 aliphatic carbocycles. The van der Waals surface area contributed by atoms with E-state index >= 15 is 0 Å². The van der Waals surface area contributed by atoms with E-state index in [1.807, 2.05) is 0 Å². The van der Waals surface area contributed by atoms with Crippen molar-refractivity contribution in [3.63, 3.8) is 0 Å². The molecule has 82 valence electrons. The molecule has 0 aromatic heterocycles. The van der Waals surface area contributed by atoms with Gasteiger partial charge in [0.25, 0.3) is 0 Å². The average molecular weight is 223 g/mol. The number of alkyl halides is 1. The minimum Gasteiger partial charge on any atom is -0.126 e. The highest BCUT2D eigenvalue weighted by Crippen LogP contribution is 2.19. The molecular formula is C14H19Cl. The zero-order valence-corrected chi connectivity index (χ0v) is 10.5. The molecule has 1 rings (SSSR count). The molecule has 0 radical (unpaired) electrons. The second kappa shape index (κ2) is 5.97. The molecule has 1 aromatic carbocycles. The van der Waals surface area contributed by atoms with Gasteiger partial charge in [-0.15, -0.1) is 11.6 Å². The zero-order valence-electron chi connectivity index (χ0n) is 9.76. The van der Waals surface area contributed by atoms with Crippen molar-refractivity contribution in [2.75, 3.05) is 5.88 Å². The first-order chi connectivity index (χ1) is 7.15. The molecule has 0 heterocycles. The zero-order chi connectivity index (χ0) is 11.3. The van der Waals surface area contributed by atoms with E-state index in [0.717, 1.165) is 6.42 Å². The van der Waals surface area contributed by atoms with Gasteiger partial charge in [0.05, 0.1) is 0 Å². The van der Waals surface area contributed by atoms with E-state index in [0.29, 0.717) is 11.8 Å². The first-order valence-electron chi connectivity index (χ1n) is 5.48. The lowest BCUT2D eigenvalue weighted by Gasteiger charge is -2.07. The van der Waals surface area contributed by atoms with E-state index in [1.165, 1.54) is 16.7 Å². The summed E-state index contributed by atoms with van der Waals surface area (Å²) in [5.74, 6) is 1.30. The summed E-state index contributed by atoms with van der Waals surface area (Å²) in [5.41, 5.74) is 4.00. The van der Waals surface area contributed by atoms with Gasteiger partial charge in [-0.3, -0.25) is 0 Å². The smallest absolute Gasteiger partial charge is 0.0258 e. The van der Waals surface area contributed by atoms with E-state index in [-0.39, 0.29) is 0 Å². The number of halogens is 1. The predicted octanol–water partition coefficient (Wildman–Crippen LogP) is 4.84. The molecule has 15 heavy (non-hydrogen) atoms. The van der Waals surface area contributed by atoms with E-state index in [9.17, 15) is 0 Å². The molecule has 1 aromatic rings. The van der Waals surface area contributed by atoms with Crippen molar-refractivity contribution in [1.82, 2.24) is 0 Å². The van der Waals surface area contributed by atoms with Gasteiger partial charge in [0.1, 0.15) is 0 Å². The quantitative estimate of drug-likeness (QED) is 0.640. The van der Waals surface area contributed by atoms with Crippen LogP contribution in [-0.2, 0) is 0 Å². The van der Waals surface area contributed by atoms with Gasteiger partial charge >= 0.3 is 0 Å². The van der Waals surface area contributed by atoms with Gasteiger partial charge in [-0.25, -0.2) is 0 Å². The molecule has 0 fully saturated rings. The fraction of sp³-hybridized carbons (Fsp3) is 0.429. The van der Waals surface area contributed by atoms with E-state index in [4.69, 9.17) is 11.6 Å². The molecular weight excluding hydrogens is 204 g/mol. The Hall–Kier alpha value is -0.750. The van der Waals surface area contributed by atoms with Gasteiger partial charge in [0, 0.05) is 5.88 Å². The third-order valence-corrected chi connectivity index (χ3v) is 2.81. The SMILES string of the molecule is C/C(=C\CCCl)c1ccc(C(C)C)cc1. The van der Waals surface area contributed by atoms with Crippen LogP contribution >= 0.6 is 11.6 Å². The van der Waals surface area contributed by atoms with Crippen LogP contribution in [0.1, 0.15) is 44.2 Å². The summed E-state index contributed by atoms with van der Waals surface area (Å²) in [5, 5.41) is 0. The molecule has 0 bridgehead atoms. The molecule has 1 heteroatoms. The summed E-state index contributed by atoms with van der Waals surface area (Å²) in [6, 6.07) is 8.79. The largest absolute Gasteiger partial charge is 0.126 e. The van der Waals surface area contributed by atoms with Crippen LogP contribution in [0.15, 0.2) is 30.3 Å². The summed E-state index contributed by atoms with van der Waals surface area (Å²) in [6.07, 6.45) is 3.14. The number of hydrogen-bond acceptors (Lipinski definition) is 0. The summed E-state index contributed by atoms with van der Waals surface area (Å²) in [6.45, 7) is 6.56. The van der Waals surface area contributed by atoms with Crippen molar-refractivity contribution >= 4 is 17.2 Å². The molecule has 0 N–H and O–H groups in total.